The molecule has 7 nitrogen and oxygen atoms in total. The van der Waals surface area contributed by atoms with Crippen molar-refractivity contribution < 1.29 is 9.47 Å². The number of benzene rings is 1. The average molecular weight is 428 g/mol. The SMILES string of the molecule is COc1cc2nncc(-c3cnc(N4CCC[C@H]4c4ccccn4)c(C)c3)c2cc1OC. The largest absolute Gasteiger partial charge is 0.493 e. The molecule has 1 atom stereocenters. The second-order valence-electron chi connectivity index (χ2n) is 7.95. The maximum atomic E-state index is 5.50. The number of aromatic nitrogens is 4. The number of aryl methyl sites for hydroxylation is 1. The topological polar surface area (TPSA) is 73.3 Å². The fourth-order valence-corrected chi connectivity index (χ4v) is 4.53. The van der Waals surface area contributed by atoms with E-state index in [-0.39, 0.29) is 6.04 Å². The van der Waals surface area contributed by atoms with Gasteiger partial charge in [-0.25, -0.2) is 4.98 Å². The zero-order chi connectivity index (χ0) is 22.1. The molecule has 1 saturated heterocycles. The van der Waals surface area contributed by atoms with Crippen molar-refractivity contribution in [1.29, 1.82) is 0 Å². The Bertz CT molecular complexity index is 1260. The molecule has 7 heteroatoms. The Labute approximate surface area is 187 Å². The van der Waals surface area contributed by atoms with Crippen molar-refractivity contribution in [1.82, 2.24) is 20.2 Å². The lowest BCUT2D eigenvalue weighted by Crippen LogP contribution is -2.25. The minimum atomic E-state index is 0.258. The molecule has 32 heavy (non-hydrogen) atoms. The van der Waals surface area contributed by atoms with Crippen molar-refractivity contribution in [3.8, 4) is 22.6 Å². The lowest BCUT2D eigenvalue weighted by Gasteiger charge is -2.27. The van der Waals surface area contributed by atoms with Crippen LogP contribution in [0.5, 0.6) is 11.5 Å². The predicted molar refractivity (Wildman–Crippen MR) is 124 cm³/mol. The number of pyridine rings is 2. The molecular formula is C25H25N5O2. The molecule has 1 aliphatic heterocycles. The second-order valence-corrected chi connectivity index (χ2v) is 7.95. The first kappa shape index (κ1) is 20.2. The van der Waals surface area contributed by atoms with Crippen LogP contribution in [0.2, 0.25) is 0 Å². The normalized spacial score (nSPS) is 15.8. The first-order valence-electron chi connectivity index (χ1n) is 10.7. The summed E-state index contributed by atoms with van der Waals surface area (Å²) in [6.07, 6.45) is 7.77. The molecule has 4 aromatic rings. The fraction of sp³-hybridized carbons (Fsp3) is 0.280. The van der Waals surface area contributed by atoms with Gasteiger partial charge in [-0.15, -0.1) is 0 Å². The molecule has 0 unspecified atom stereocenters. The Hall–Kier alpha value is -3.74. The van der Waals surface area contributed by atoms with Crippen molar-refractivity contribution in [2.45, 2.75) is 25.8 Å². The monoisotopic (exact) mass is 427 g/mol. The third-order valence-electron chi connectivity index (χ3n) is 6.06. The molecule has 0 spiro atoms. The molecule has 4 heterocycles. The van der Waals surface area contributed by atoms with E-state index in [1.165, 1.54) is 0 Å². The molecule has 0 saturated carbocycles. The van der Waals surface area contributed by atoms with E-state index in [9.17, 15) is 0 Å². The van der Waals surface area contributed by atoms with Crippen LogP contribution < -0.4 is 14.4 Å². The molecule has 5 rings (SSSR count). The number of methoxy groups -OCH3 is 2. The van der Waals surface area contributed by atoms with Crippen LogP contribution in [-0.2, 0) is 0 Å². The summed E-state index contributed by atoms with van der Waals surface area (Å²) in [5, 5.41) is 9.43. The van der Waals surface area contributed by atoms with E-state index in [0.717, 1.165) is 58.5 Å². The van der Waals surface area contributed by atoms with Crippen molar-refractivity contribution >= 4 is 16.7 Å². The van der Waals surface area contributed by atoms with E-state index in [4.69, 9.17) is 14.5 Å². The number of ether oxygens (including phenoxy) is 2. The third-order valence-corrected chi connectivity index (χ3v) is 6.06. The van der Waals surface area contributed by atoms with E-state index >= 15 is 0 Å². The summed E-state index contributed by atoms with van der Waals surface area (Å²) in [7, 11) is 3.25. The van der Waals surface area contributed by atoms with E-state index in [1.54, 1.807) is 20.4 Å². The Morgan fingerprint density at radius 3 is 2.59 bits per heavy atom. The smallest absolute Gasteiger partial charge is 0.162 e. The predicted octanol–water partition coefficient (Wildman–Crippen LogP) is 4.75. The first-order valence-corrected chi connectivity index (χ1v) is 10.7. The molecule has 0 amide bonds. The molecule has 162 valence electrons. The molecule has 0 radical (unpaired) electrons. The number of anilines is 1. The first-order chi connectivity index (χ1) is 15.7. The maximum Gasteiger partial charge on any atom is 0.162 e. The molecule has 1 aromatic carbocycles. The van der Waals surface area contributed by atoms with Crippen LogP contribution in [0, 0.1) is 6.92 Å². The number of fused-ring (bicyclic) bond motifs is 1. The highest BCUT2D eigenvalue weighted by Gasteiger charge is 2.29. The summed E-state index contributed by atoms with van der Waals surface area (Å²) in [6, 6.07) is 12.3. The van der Waals surface area contributed by atoms with E-state index in [2.05, 4.69) is 39.1 Å². The van der Waals surface area contributed by atoms with Crippen LogP contribution in [0.3, 0.4) is 0 Å². The standard InChI is InChI=1S/C25H25N5O2/c1-16-11-17(19-15-28-29-21-13-24(32-3)23(31-2)12-18(19)21)14-27-25(16)30-10-6-8-22(30)20-7-4-5-9-26-20/h4-5,7,9,11-15,22H,6,8,10H2,1-3H3/t22-/m0/s1. The van der Waals surface area contributed by atoms with E-state index in [1.807, 2.05) is 36.7 Å². The lowest BCUT2D eigenvalue weighted by molar-refractivity contribution is 0.356. The molecule has 1 aliphatic rings. The van der Waals surface area contributed by atoms with Gasteiger partial charge < -0.3 is 14.4 Å². The van der Waals surface area contributed by atoms with Crippen molar-refractivity contribution in [3.05, 3.63) is 66.2 Å². The van der Waals surface area contributed by atoms with Gasteiger partial charge in [0.25, 0.3) is 0 Å². The fourth-order valence-electron chi connectivity index (χ4n) is 4.53. The number of rotatable bonds is 5. The van der Waals surface area contributed by atoms with Gasteiger partial charge in [0.1, 0.15) is 5.82 Å². The van der Waals surface area contributed by atoms with Crippen LogP contribution in [0.15, 0.2) is 55.0 Å². The zero-order valence-electron chi connectivity index (χ0n) is 18.4. The summed E-state index contributed by atoms with van der Waals surface area (Å²) in [6.45, 7) is 3.09. The van der Waals surface area contributed by atoms with Gasteiger partial charge in [-0.1, -0.05) is 6.07 Å². The van der Waals surface area contributed by atoms with Gasteiger partial charge in [0.15, 0.2) is 11.5 Å². The summed E-state index contributed by atoms with van der Waals surface area (Å²) >= 11 is 0. The molecule has 1 fully saturated rings. The number of hydrogen-bond acceptors (Lipinski definition) is 7. The lowest BCUT2D eigenvalue weighted by atomic mass is 10.0. The molecule has 3 aromatic heterocycles. The summed E-state index contributed by atoms with van der Waals surface area (Å²) in [5.74, 6) is 2.30. The summed E-state index contributed by atoms with van der Waals surface area (Å²) < 4.78 is 10.9. The maximum absolute atomic E-state index is 5.50. The van der Waals surface area contributed by atoms with Gasteiger partial charge in [-0.05, 0) is 49.6 Å². The second kappa shape index (κ2) is 8.42. The Balaban J connectivity index is 1.54. The van der Waals surface area contributed by atoms with E-state index in [0.29, 0.717) is 11.5 Å². The Kier molecular flexibility index (Phi) is 5.31. The quantitative estimate of drug-likeness (QED) is 0.455. The van der Waals surface area contributed by atoms with Gasteiger partial charge in [0.05, 0.1) is 37.7 Å². The van der Waals surface area contributed by atoms with Crippen molar-refractivity contribution in [2.24, 2.45) is 0 Å². The highest BCUT2D eigenvalue weighted by Crippen LogP contribution is 2.39. The van der Waals surface area contributed by atoms with E-state index < -0.39 is 0 Å². The molecular weight excluding hydrogens is 402 g/mol. The highest BCUT2D eigenvalue weighted by atomic mass is 16.5. The summed E-state index contributed by atoms with van der Waals surface area (Å²) in [4.78, 5) is 11.9. The minimum Gasteiger partial charge on any atom is -0.493 e. The minimum absolute atomic E-state index is 0.258. The highest BCUT2D eigenvalue weighted by molar-refractivity contribution is 5.95. The van der Waals surface area contributed by atoms with Crippen LogP contribution in [0.1, 0.15) is 30.1 Å². The van der Waals surface area contributed by atoms with Crippen LogP contribution in [-0.4, -0.2) is 40.9 Å². The average Bonchev–Trinajstić information content (AvgIpc) is 3.32. The van der Waals surface area contributed by atoms with Crippen molar-refractivity contribution in [2.75, 3.05) is 25.7 Å². The summed E-state index contributed by atoms with van der Waals surface area (Å²) in [5.41, 5.74) is 4.92. The Morgan fingerprint density at radius 2 is 1.84 bits per heavy atom. The van der Waals surface area contributed by atoms with Gasteiger partial charge in [-0.2, -0.15) is 10.2 Å². The van der Waals surface area contributed by atoms with Crippen LogP contribution in [0.25, 0.3) is 22.0 Å². The number of hydrogen-bond donors (Lipinski definition) is 0. The van der Waals surface area contributed by atoms with Crippen molar-refractivity contribution in [3.63, 3.8) is 0 Å². The van der Waals surface area contributed by atoms with Crippen LogP contribution in [0.4, 0.5) is 5.82 Å². The molecule has 0 aliphatic carbocycles. The van der Waals surface area contributed by atoms with Gasteiger partial charge in [0, 0.05) is 41.5 Å². The molecule has 0 N–H and O–H groups in total. The molecule has 0 bridgehead atoms. The zero-order valence-corrected chi connectivity index (χ0v) is 18.4. The Morgan fingerprint density at radius 1 is 1.00 bits per heavy atom. The van der Waals surface area contributed by atoms with Gasteiger partial charge in [-0.3, -0.25) is 4.98 Å². The number of nitrogens with zero attached hydrogens (tertiary/aromatic N) is 5. The van der Waals surface area contributed by atoms with Crippen LogP contribution >= 0.6 is 0 Å². The van der Waals surface area contributed by atoms with Gasteiger partial charge in [0.2, 0.25) is 0 Å². The van der Waals surface area contributed by atoms with Gasteiger partial charge >= 0.3 is 0 Å². The third kappa shape index (κ3) is 3.49.